The Kier molecular flexibility index (Phi) is 4.86. The lowest BCUT2D eigenvalue weighted by Crippen LogP contribution is -2.25. The lowest BCUT2D eigenvalue weighted by Gasteiger charge is -2.17. The molecular weight excluding hydrogens is 297 g/mol. The molecule has 23 heavy (non-hydrogen) atoms. The van der Waals surface area contributed by atoms with Crippen LogP contribution in [0.2, 0.25) is 0 Å². The molecule has 0 aliphatic carbocycles. The molecule has 0 spiro atoms. The van der Waals surface area contributed by atoms with Crippen LogP contribution in [0.5, 0.6) is 5.75 Å². The maximum absolute atomic E-state index is 14.1. The van der Waals surface area contributed by atoms with Crippen LogP contribution >= 0.6 is 0 Å². The summed E-state index contributed by atoms with van der Waals surface area (Å²) >= 11 is 0. The minimum atomic E-state index is -0.470. The Labute approximate surface area is 133 Å². The fraction of sp³-hybridized carbons (Fsp3) is 0.250. The van der Waals surface area contributed by atoms with Gasteiger partial charge in [-0.05, 0) is 32.9 Å². The smallest absolute Gasteiger partial charge is 0.188 e. The SMILES string of the molecule is CCOc1ccc(N/C(C)=C2\C(=N)C(C#N)=NN=C2C)c(F)c1. The van der Waals surface area contributed by atoms with Gasteiger partial charge >= 0.3 is 0 Å². The van der Waals surface area contributed by atoms with E-state index in [0.29, 0.717) is 29.3 Å². The van der Waals surface area contributed by atoms with Crippen LogP contribution in [0.3, 0.4) is 0 Å². The van der Waals surface area contributed by atoms with Gasteiger partial charge in [0.25, 0.3) is 0 Å². The topological polar surface area (TPSA) is 93.6 Å². The predicted octanol–water partition coefficient (Wildman–Crippen LogP) is 3.28. The number of nitriles is 1. The van der Waals surface area contributed by atoms with Gasteiger partial charge in [-0.1, -0.05) is 0 Å². The van der Waals surface area contributed by atoms with Gasteiger partial charge in [0.05, 0.1) is 18.0 Å². The summed E-state index contributed by atoms with van der Waals surface area (Å²) in [7, 11) is 0. The summed E-state index contributed by atoms with van der Waals surface area (Å²) in [5.74, 6) is -0.0232. The number of hydrogen-bond donors (Lipinski definition) is 2. The second kappa shape index (κ2) is 6.83. The van der Waals surface area contributed by atoms with E-state index in [9.17, 15) is 4.39 Å². The van der Waals surface area contributed by atoms with E-state index in [1.54, 1.807) is 26.0 Å². The first kappa shape index (κ1) is 16.4. The van der Waals surface area contributed by atoms with E-state index in [4.69, 9.17) is 15.4 Å². The van der Waals surface area contributed by atoms with Crippen LogP contribution in [-0.4, -0.2) is 23.7 Å². The summed E-state index contributed by atoms with van der Waals surface area (Å²) in [6, 6.07) is 6.33. The van der Waals surface area contributed by atoms with Gasteiger partial charge < -0.3 is 10.1 Å². The Morgan fingerprint density at radius 1 is 1.43 bits per heavy atom. The van der Waals surface area contributed by atoms with Gasteiger partial charge in [0.15, 0.2) is 5.71 Å². The Bertz CT molecular complexity index is 786. The van der Waals surface area contributed by atoms with Crippen molar-refractivity contribution in [3.05, 3.63) is 35.3 Å². The highest BCUT2D eigenvalue weighted by Crippen LogP contribution is 2.23. The molecule has 6 nitrogen and oxygen atoms in total. The van der Waals surface area contributed by atoms with Crippen molar-refractivity contribution in [2.75, 3.05) is 11.9 Å². The molecule has 0 saturated carbocycles. The molecule has 0 unspecified atom stereocenters. The fourth-order valence-corrected chi connectivity index (χ4v) is 2.18. The third-order valence-electron chi connectivity index (χ3n) is 3.20. The Balaban J connectivity index is 2.33. The van der Waals surface area contributed by atoms with Crippen LogP contribution in [0.15, 0.2) is 39.7 Å². The van der Waals surface area contributed by atoms with Crippen LogP contribution in [0.25, 0.3) is 0 Å². The zero-order chi connectivity index (χ0) is 17.0. The molecule has 0 fully saturated rings. The first-order chi connectivity index (χ1) is 11.0. The second-order valence-corrected chi connectivity index (χ2v) is 4.82. The van der Waals surface area contributed by atoms with E-state index >= 15 is 0 Å². The summed E-state index contributed by atoms with van der Waals surface area (Å²) < 4.78 is 19.4. The summed E-state index contributed by atoms with van der Waals surface area (Å²) in [4.78, 5) is 0. The summed E-state index contributed by atoms with van der Waals surface area (Å²) in [5, 5.41) is 27.4. The average molecular weight is 313 g/mol. The normalized spacial score (nSPS) is 16.2. The van der Waals surface area contributed by atoms with Crippen molar-refractivity contribution in [1.82, 2.24) is 0 Å². The highest BCUT2D eigenvalue weighted by atomic mass is 19.1. The van der Waals surface area contributed by atoms with Gasteiger partial charge in [-0.15, -0.1) is 5.10 Å². The van der Waals surface area contributed by atoms with Crippen LogP contribution in [0.1, 0.15) is 20.8 Å². The Morgan fingerprint density at radius 3 is 2.78 bits per heavy atom. The zero-order valence-corrected chi connectivity index (χ0v) is 13.1. The molecule has 1 aromatic rings. The van der Waals surface area contributed by atoms with E-state index in [2.05, 4.69) is 15.5 Å². The van der Waals surface area contributed by atoms with Gasteiger partial charge in [-0.3, -0.25) is 5.41 Å². The Morgan fingerprint density at radius 2 is 2.17 bits per heavy atom. The molecule has 2 rings (SSSR count). The number of ether oxygens (including phenoxy) is 1. The maximum atomic E-state index is 14.1. The molecule has 7 heteroatoms. The van der Waals surface area contributed by atoms with E-state index in [-0.39, 0.29) is 17.1 Å². The van der Waals surface area contributed by atoms with E-state index in [0.717, 1.165) is 0 Å². The fourth-order valence-electron chi connectivity index (χ4n) is 2.18. The maximum Gasteiger partial charge on any atom is 0.188 e. The van der Waals surface area contributed by atoms with Crippen molar-refractivity contribution < 1.29 is 9.13 Å². The molecule has 1 aliphatic heterocycles. The predicted molar refractivity (Wildman–Crippen MR) is 87.8 cm³/mol. The van der Waals surface area contributed by atoms with Gasteiger partial charge in [0.1, 0.15) is 23.3 Å². The number of nitrogens with zero attached hydrogens (tertiary/aromatic N) is 3. The Hall–Kier alpha value is -3.01. The number of nitrogens with one attached hydrogen (secondary N) is 2. The zero-order valence-electron chi connectivity index (χ0n) is 13.1. The second-order valence-electron chi connectivity index (χ2n) is 4.82. The molecule has 1 heterocycles. The molecule has 0 amide bonds. The molecule has 118 valence electrons. The highest BCUT2D eigenvalue weighted by Gasteiger charge is 2.22. The van der Waals surface area contributed by atoms with Gasteiger partial charge in [-0.2, -0.15) is 10.4 Å². The van der Waals surface area contributed by atoms with E-state index < -0.39 is 5.82 Å². The van der Waals surface area contributed by atoms with E-state index in [1.807, 2.05) is 13.0 Å². The quantitative estimate of drug-likeness (QED) is 0.893. The molecule has 0 radical (unpaired) electrons. The summed E-state index contributed by atoms with van der Waals surface area (Å²) in [6.07, 6.45) is 0. The monoisotopic (exact) mass is 313 g/mol. The minimum absolute atomic E-state index is 0.0312. The van der Waals surface area contributed by atoms with E-state index in [1.165, 1.54) is 6.07 Å². The molecule has 1 aliphatic rings. The van der Waals surface area contributed by atoms with Gasteiger partial charge in [0, 0.05) is 17.3 Å². The molecule has 0 aromatic heterocycles. The number of benzene rings is 1. The minimum Gasteiger partial charge on any atom is -0.494 e. The average Bonchev–Trinajstić information content (AvgIpc) is 2.50. The van der Waals surface area contributed by atoms with Crippen LogP contribution in [-0.2, 0) is 0 Å². The number of rotatable bonds is 4. The molecule has 2 N–H and O–H groups in total. The molecule has 0 saturated heterocycles. The first-order valence-electron chi connectivity index (χ1n) is 7.00. The standard InChI is InChI=1S/C16H16FN5O/c1-4-23-11-5-6-13(12(17)7-11)20-9(2)15-10(3)21-22-14(8-18)16(15)19/h5-7,19-20H,4H2,1-3H3/b15-9-,19-16?. The molecular formula is C16H16FN5O. The first-order valence-corrected chi connectivity index (χ1v) is 7.00. The van der Waals surface area contributed by atoms with Crippen molar-refractivity contribution in [1.29, 1.82) is 10.7 Å². The van der Waals surface area contributed by atoms with Crippen molar-refractivity contribution in [3.8, 4) is 11.8 Å². The molecule has 0 bridgehead atoms. The van der Waals surface area contributed by atoms with Crippen LogP contribution in [0.4, 0.5) is 10.1 Å². The summed E-state index contributed by atoms with van der Waals surface area (Å²) in [6.45, 7) is 5.66. The van der Waals surface area contributed by atoms with Crippen molar-refractivity contribution in [3.63, 3.8) is 0 Å². The third-order valence-corrected chi connectivity index (χ3v) is 3.20. The van der Waals surface area contributed by atoms with Gasteiger partial charge in [-0.25, -0.2) is 4.39 Å². The van der Waals surface area contributed by atoms with Crippen molar-refractivity contribution in [2.45, 2.75) is 20.8 Å². The van der Waals surface area contributed by atoms with Gasteiger partial charge in [0.2, 0.25) is 0 Å². The highest BCUT2D eigenvalue weighted by molar-refractivity contribution is 6.58. The number of anilines is 1. The third kappa shape index (κ3) is 3.43. The summed E-state index contributed by atoms with van der Waals surface area (Å²) in [5.41, 5.74) is 1.59. The molecule has 1 aromatic carbocycles. The van der Waals surface area contributed by atoms with Crippen LogP contribution < -0.4 is 10.1 Å². The van der Waals surface area contributed by atoms with Crippen LogP contribution in [0, 0.1) is 22.6 Å². The van der Waals surface area contributed by atoms with Crippen molar-refractivity contribution >= 4 is 22.8 Å². The largest absolute Gasteiger partial charge is 0.494 e. The molecule has 0 atom stereocenters. The lowest BCUT2D eigenvalue weighted by molar-refractivity contribution is 0.338. The lowest BCUT2D eigenvalue weighted by atomic mass is 9.99. The number of halogens is 1. The number of hydrogen-bond acceptors (Lipinski definition) is 6. The number of allylic oxidation sites excluding steroid dienone is 2. The van der Waals surface area contributed by atoms with Crippen molar-refractivity contribution in [2.24, 2.45) is 10.2 Å².